The number of carbonyl (C=O) groups is 1. The van der Waals surface area contributed by atoms with E-state index in [1.165, 1.54) is 11.3 Å². The maximum Gasteiger partial charge on any atom is 0.270 e. The van der Waals surface area contributed by atoms with Gasteiger partial charge in [0.05, 0.1) is 0 Å². The second-order valence-electron chi connectivity index (χ2n) is 5.42. The zero-order valence-corrected chi connectivity index (χ0v) is 14.8. The molecule has 3 N–H and O–H groups in total. The van der Waals surface area contributed by atoms with Gasteiger partial charge in [-0.15, -0.1) is 36.2 Å². The van der Waals surface area contributed by atoms with Gasteiger partial charge in [0.2, 0.25) is 0 Å². The van der Waals surface area contributed by atoms with E-state index in [1.54, 1.807) is 5.38 Å². The van der Waals surface area contributed by atoms with Crippen LogP contribution in [0.1, 0.15) is 29.3 Å². The molecule has 1 aromatic rings. The predicted octanol–water partition coefficient (Wildman–Crippen LogP) is 1.76. The molecule has 0 atom stereocenters. The lowest BCUT2D eigenvalue weighted by Crippen LogP contribution is -2.40. The van der Waals surface area contributed by atoms with Crippen molar-refractivity contribution in [3.05, 3.63) is 16.1 Å². The summed E-state index contributed by atoms with van der Waals surface area (Å²) >= 11 is 1.42. The van der Waals surface area contributed by atoms with Gasteiger partial charge in [-0.05, 0) is 19.5 Å². The summed E-state index contributed by atoms with van der Waals surface area (Å²) in [7, 11) is 4.05. The summed E-state index contributed by atoms with van der Waals surface area (Å²) in [5.41, 5.74) is 5.96. The molecule has 0 saturated heterocycles. The Morgan fingerprint density at radius 3 is 2.50 bits per heavy atom. The first-order chi connectivity index (χ1) is 8.34. The van der Waals surface area contributed by atoms with Crippen LogP contribution in [0.3, 0.4) is 0 Å². The molecule has 0 aliphatic heterocycles. The molecule has 0 aliphatic rings. The van der Waals surface area contributed by atoms with Crippen LogP contribution in [0.15, 0.2) is 5.38 Å². The summed E-state index contributed by atoms with van der Waals surface area (Å²) in [5, 5.41) is 5.45. The van der Waals surface area contributed by atoms with Gasteiger partial charge in [0.15, 0.2) is 0 Å². The van der Waals surface area contributed by atoms with Crippen LogP contribution in [-0.2, 0) is 6.54 Å². The Labute approximate surface area is 137 Å². The van der Waals surface area contributed by atoms with Gasteiger partial charge in [0.1, 0.15) is 10.7 Å². The molecule has 0 spiro atoms. The third-order valence-corrected chi connectivity index (χ3v) is 3.30. The van der Waals surface area contributed by atoms with E-state index < -0.39 is 0 Å². The fraction of sp³-hybridized carbons (Fsp3) is 0.667. The van der Waals surface area contributed by atoms with Crippen LogP contribution >= 0.6 is 36.2 Å². The van der Waals surface area contributed by atoms with Crippen LogP contribution in [0.25, 0.3) is 0 Å². The molecule has 1 rings (SSSR count). The molecule has 118 valence electrons. The van der Waals surface area contributed by atoms with Gasteiger partial charge in [-0.25, -0.2) is 4.98 Å². The highest BCUT2D eigenvalue weighted by molar-refractivity contribution is 7.09. The van der Waals surface area contributed by atoms with Gasteiger partial charge >= 0.3 is 0 Å². The lowest BCUT2D eigenvalue weighted by molar-refractivity contribution is 0.0924. The van der Waals surface area contributed by atoms with Crippen molar-refractivity contribution in [2.45, 2.75) is 20.4 Å². The van der Waals surface area contributed by atoms with Crippen LogP contribution in [0.2, 0.25) is 0 Å². The first-order valence-corrected chi connectivity index (χ1v) is 6.79. The molecule has 0 saturated carbocycles. The van der Waals surface area contributed by atoms with Gasteiger partial charge in [-0.2, -0.15) is 0 Å². The number of thiazole rings is 1. The zero-order valence-electron chi connectivity index (χ0n) is 12.3. The van der Waals surface area contributed by atoms with E-state index in [0.717, 1.165) is 11.6 Å². The fourth-order valence-corrected chi connectivity index (χ4v) is 2.49. The van der Waals surface area contributed by atoms with Crippen molar-refractivity contribution >= 4 is 42.1 Å². The first kappa shape index (κ1) is 21.9. The highest BCUT2D eigenvalue weighted by Crippen LogP contribution is 2.15. The summed E-state index contributed by atoms with van der Waals surface area (Å²) < 4.78 is 0. The summed E-state index contributed by atoms with van der Waals surface area (Å²) in [5.74, 6) is -0.127. The van der Waals surface area contributed by atoms with Crippen LogP contribution in [-0.4, -0.2) is 43.0 Å². The van der Waals surface area contributed by atoms with E-state index in [0.29, 0.717) is 18.8 Å². The number of hydrogen-bond donors (Lipinski definition) is 2. The fourth-order valence-electron chi connectivity index (χ4n) is 1.83. The van der Waals surface area contributed by atoms with Crippen LogP contribution in [0.5, 0.6) is 0 Å². The average Bonchev–Trinajstić information content (AvgIpc) is 2.72. The van der Waals surface area contributed by atoms with E-state index in [1.807, 2.05) is 14.1 Å². The summed E-state index contributed by atoms with van der Waals surface area (Å²) in [6.07, 6.45) is 0. The minimum Gasteiger partial charge on any atom is -0.350 e. The minimum atomic E-state index is -0.127. The van der Waals surface area contributed by atoms with E-state index in [2.05, 4.69) is 29.0 Å². The van der Waals surface area contributed by atoms with Crippen molar-refractivity contribution in [1.82, 2.24) is 15.2 Å². The molecule has 0 fully saturated rings. The number of halogens is 2. The SMILES string of the molecule is CN(C)CC(C)(C)CNC(=O)c1csc(CN)n1.Cl.Cl. The van der Waals surface area contributed by atoms with Gasteiger partial charge in [0, 0.05) is 25.0 Å². The quantitative estimate of drug-likeness (QED) is 0.826. The molecule has 0 aliphatic carbocycles. The predicted molar refractivity (Wildman–Crippen MR) is 89.2 cm³/mol. The molecular weight excluding hydrogens is 319 g/mol. The largest absolute Gasteiger partial charge is 0.350 e. The van der Waals surface area contributed by atoms with Crippen molar-refractivity contribution in [3.63, 3.8) is 0 Å². The number of nitrogens with two attached hydrogens (primary N) is 1. The van der Waals surface area contributed by atoms with Gasteiger partial charge in [0.25, 0.3) is 5.91 Å². The van der Waals surface area contributed by atoms with Crippen LogP contribution in [0, 0.1) is 5.41 Å². The number of rotatable bonds is 6. The Kier molecular flexibility index (Phi) is 10.4. The zero-order chi connectivity index (χ0) is 13.8. The van der Waals surface area contributed by atoms with Crippen molar-refractivity contribution in [2.75, 3.05) is 27.2 Å². The summed E-state index contributed by atoms with van der Waals surface area (Å²) in [4.78, 5) is 18.2. The molecule has 5 nitrogen and oxygen atoms in total. The molecule has 1 aromatic heterocycles. The Morgan fingerprint density at radius 1 is 1.45 bits per heavy atom. The van der Waals surface area contributed by atoms with Crippen molar-refractivity contribution in [1.29, 1.82) is 0 Å². The van der Waals surface area contributed by atoms with Gasteiger partial charge < -0.3 is 16.0 Å². The molecule has 20 heavy (non-hydrogen) atoms. The maximum absolute atomic E-state index is 11.9. The van der Waals surface area contributed by atoms with E-state index >= 15 is 0 Å². The Hall–Kier alpha value is -0.400. The molecule has 0 radical (unpaired) electrons. The monoisotopic (exact) mass is 342 g/mol. The number of aromatic nitrogens is 1. The van der Waals surface area contributed by atoms with E-state index in [4.69, 9.17) is 5.73 Å². The molecule has 1 heterocycles. The van der Waals surface area contributed by atoms with Crippen molar-refractivity contribution in [3.8, 4) is 0 Å². The lowest BCUT2D eigenvalue weighted by atomic mass is 9.93. The summed E-state index contributed by atoms with van der Waals surface area (Å²) in [6, 6.07) is 0. The standard InChI is InChI=1S/C12H22N4OS.2ClH/c1-12(2,8-16(3)4)7-14-11(17)9-6-18-10(5-13)15-9;;/h6H,5,7-8,13H2,1-4H3,(H,14,17);2*1H. The highest BCUT2D eigenvalue weighted by atomic mass is 35.5. The molecule has 8 heteroatoms. The Morgan fingerprint density at radius 2 is 2.05 bits per heavy atom. The van der Waals surface area contributed by atoms with Crippen LogP contribution < -0.4 is 11.1 Å². The molecule has 0 unspecified atom stereocenters. The normalized spacial score (nSPS) is 10.7. The topological polar surface area (TPSA) is 71.2 Å². The average molecular weight is 343 g/mol. The molecule has 0 bridgehead atoms. The smallest absolute Gasteiger partial charge is 0.270 e. The third kappa shape index (κ3) is 7.40. The number of amides is 1. The number of nitrogens with one attached hydrogen (secondary N) is 1. The lowest BCUT2D eigenvalue weighted by Gasteiger charge is -2.28. The van der Waals surface area contributed by atoms with Crippen molar-refractivity contribution < 1.29 is 4.79 Å². The first-order valence-electron chi connectivity index (χ1n) is 5.91. The maximum atomic E-state index is 11.9. The van der Waals surface area contributed by atoms with Gasteiger partial charge in [-0.3, -0.25) is 4.79 Å². The molecule has 1 amide bonds. The number of nitrogens with zero attached hydrogens (tertiary/aromatic N) is 2. The number of hydrogen-bond acceptors (Lipinski definition) is 5. The van der Waals surface area contributed by atoms with Crippen molar-refractivity contribution in [2.24, 2.45) is 11.1 Å². The molecule has 0 aromatic carbocycles. The van der Waals surface area contributed by atoms with Gasteiger partial charge in [-0.1, -0.05) is 13.8 Å². The Bertz CT molecular complexity index is 410. The second-order valence-corrected chi connectivity index (χ2v) is 6.36. The van der Waals surface area contributed by atoms with Crippen LogP contribution in [0.4, 0.5) is 0 Å². The highest BCUT2D eigenvalue weighted by Gasteiger charge is 2.20. The third-order valence-electron chi connectivity index (χ3n) is 2.43. The number of carbonyl (C=O) groups excluding carboxylic acids is 1. The van der Waals surface area contributed by atoms with E-state index in [-0.39, 0.29) is 36.1 Å². The second kappa shape index (κ2) is 9.52. The molecular formula is C12H24Cl2N4OS. The van der Waals surface area contributed by atoms with E-state index in [9.17, 15) is 4.79 Å². The minimum absolute atomic E-state index is 0. The Balaban J connectivity index is 0. The summed E-state index contributed by atoms with van der Waals surface area (Å²) in [6.45, 7) is 6.17.